The topological polar surface area (TPSA) is 62.6 Å². The van der Waals surface area contributed by atoms with Crippen LogP contribution in [0.1, 0.15) is 48.7 Å². The lowest BCUT2D eigenvalue weighted by Gasteiger charge is -2.23. The van der Waals surface area contributed by atoms with Crippen molar-refractivity contribution in [3.8, 4) is 17.6 Å². The van der Waals surface area contributed by atoms with E-state index in [9.17, 15) is 4.79 Å². The van der Waals surface area contributed by atoms with Crippen LogP contribution in [-0.4, -0.2) is 30.6 Å². The van der Waals surface area contributed by atoms with E-state index in [2.05, 4.69) is 6.07 Å². The first-order valence-electron chi connectivity index (χ1n) is 9.30. The Kier molecular flexibility index (Phi) is 7.69. The molecule has 2 aromatic carbocycles. The lowest BCUT2D eigenvalue weighted by molar-refractivity contribution is 0.0743. The van der Waals surface area contributed by atoms with E-state index in [0.717, 1.165) is 12.0 Å². The molecule has 142 valence electrons. The molecular weight excluding hydrogens is 340 g/mol. The van der Waals surface area contributed by atoms with Crippen LogP contribution in [0.3, 0.4) is 0 Å². The molecule has 0 heterocycles. The van der Waals surface area contributed by atoms with E-state index in [1.54, 1.807) is 29.2 Å². The van der Waals surface area contributed by atoms with Gasteiger partial charge in [-0.3, -0.25) is 4.79 Å². The second kappa shape index (κ2) is 10.2. The van der Waals surface area contributed by atoms with Gasteiger partial charge in [-0.15, -0.1) is 0 Å². The van der Waals surface area contributed by atoms with Gasteiger partial charge in [0.15, 0.2) is 11.5 Å². The Morgan fingerprint density at radius 3 is 2.44 bits per heavy atom. The highest BCUT2D eigenvalue weighted by atomic mass is 16.5. The summed E-state index contributed by atoms with van der Waals surface area (Å²) in [5.74, 6) is 1.31. The highest BCUT2D eigenvalue weighted by molar-refractivity contribution is 5.94. The maximum Gasteiger partial charge on any atom is 0.254 e. The Labute approximate surface area is 161 Å². The van der Waals surface area contributed by atoms with Crippen LogP contribution >= 0.6 is 0 Å². The molecule has 0 aliphatic heterocycles. The van der Waals surface area contributed by atoms with Crippen LogP contribution in [0, 0.1) is 11.3 Å². The summed E-state index contributed by atoms with van der Waals surface area (Å²) < 4.78 is 11.3. The summed E-state index contributed by atoms with van der Waals surface area (Å²) in [4.78, 5) is 14.7. The molecule has 0 aliphatic carbocycles. The maximum atomic E-state index is 12.9. The highest BCUT2D eigenvalue weighted by Crippen LogP contribution is 2.29. The number of hydrogen-bond acceptors (Lipinski definition) is 4. The molecule has 0 radical (unpaired) electrons. The maximum absolute atomic E-state index is 12.9. The zero-order valence-corrected chi connectivity index (χ0v) is 16.2. The van der Waals surface area contributed by atoms with E-state index in [4.69, 9.17) is 14.7 Å². The summed E-state index contributed by atoms with van der Waals surface area (Å²) in [6.45, 7) is 8.11. The van der Waals surface area contributed by atoms with Crippen molar-refractivity contribution >= 4 is 5.91 Å². The third-order valence-corrected chi connectivity index (χ3v) is 4.00. The summed E-state index contributed by atoms with van der Waals surface area (Å²) in [5, 5.41) is 9.07. The Hall–Kier alpha value is -3.00. The highest BCUT2D eigenvalue weighted by Gasteiger charge is 2.17. The summed E-state index contributed by atoms with van der Waals surface area (Å²) >= 11 is 0. The summed E-state index contributed by atoms with van der Waals surface area (Å²) in [6.07, 6.45) is 0.846. The monoisotopic (exact) mass is 366 g/mol. The van der Waals surface area contributed by atoms with Gasteiger partial charge in [0.25, 0.3) is 5.91 Å². The SMILES string of the molecule is CCCN(Cc1ccc(OCC)c(OCC)c1)C(=O)c1cccc(C#N)c1. The zero-order valence-electron chi connectivity index (χ0n) is 16.2. The predicted molar refractivity (Wildman–Crippen MR) is 105 cm³/mol. The van der Waals surface area contributed by atoms with Gasteiger partial charge in [-0.2, -0.15) is 5.26 Å². The van der Waals surface area contributed by atoms with Gasteiger partial charge < -0.3 is 14.4 Å². The number of amides is 1. The molecule has 2 rings (SSSR count). The van der Waals surface area contributed by atoms with Gasteiger partial charge in [0.1, 0.15) is 0 Å². The number of nitrogens with zero attached hydrogens (tertiary/aromatic N) is 2. The van der Waals surface area contributed by atoms with E-state index in [0.29, 0.717) is 48.9 Å². The first kappa shape index (κ1) is 20.3. The quantitative estimate of drug-likeness (QED) is 0.659. The van der Waals surface area contributed by atoms with E-state index in [1.165, 1.54) is 0 Å². The van der Waals surface area contributed by atoms with E-state index in [-0.39, 0.29) is 5.91 Å². The van der Waals surface area contributed by atoms with Crippen molar-refractivity contribution < 1.29 is 14.3 Å². The van der Waals surface area contributed by atoms with Crippen LogP contribution in [0.5, 0.6) is 11.5 Å². The molecule has 0 N–H and O–H groups in total. The molecule has 0 aliphatic rings. The van der Waals surface area contributed by atoms with Crippen LogP contribution in [0.25, 0.3) is 0 Å². The van der Waals surface area contributed by atoms with E-state index >= 15 is 0 Å². The Balaban J connectivity index is 2.25. The van der Waals surface area contributed by atoms with Gasteiger partial charge in [-0.25, -0.2) is 0 Å². The number of benzene rings is 2. The number of hydrogen-bond donors (Lipinski definition) is 0. The van der Waals surface area contributed by atoms with Crippen molar-refractivity contribution in [2.45, 2.75) is 33.7 Å². The normalized spacial score (nSPS) is 10.1. The summed E-state index contributed by atoms with van der Waals surface area (Å²) in [7, 11) is 0. The minimum absolute atomic E-state index is 0.0826. The molecule has 5 heteroatoms. The van der Waals surface area contributed by atoms with Crippen molar-refractivity contribution in [1.29, 1.82) is 5.26 Å². The molecule has 0 fully saturated rings. The molecule has 2 aromatic rings. The van der Waals surface area contributed by atoms with Crippen molar-refractivity contribution in [3.63, 3.8) is 0 Å². The van der Waals surface area contributed by atoms with Crippen molar-refractivity contribution in [2.24, 2.45) is 0 Å². The fourth-order valence-corrected chi connectivity index (χ4v) is 2.84. The molecule has 0 saturated carbocycles. The molecule has 1 amide bonds. The lowest BCUT2D eigenvalue weighted by atomic mass is 10.1. The molecule has 27 heavy (non-hydrogen) atoms. The number of nitriles is 1. The zero-order chi connectivity index (χ0) is 19.6. The molecule has 0 bridgehead atoms. The van der Waals surface area contributed by atoms with Gasteiger partial charge in [-0.05, 0) is 56.2 Å². The number of ether oxygens (including phenoxy) is 2. The summed E-state index contributed by atoms with van der Waals surface area (Å²) in [5.41, 5.74) is 1.98. The lowest BCUT2D eigenvalue weighted by Crippen LogP contribution is -2.31. The van der Waals surface area contributed by atoms with Crippen molar-refractivity contribution in [3.05, 3.63) is 59.2 Å². The molecule has 0 saturated heterocycles. The third-order valence-electron chi connectivity index (χ3n) is 4.00. The van der Waals surface area contributed by atoms with Crippen LogP contribution < -0.4 is 9.47 Å². The molecule has 0 unspecified atom stereocenters. The smallest absolute Gasteiger partial charge is 0.254 e. The van der Waals surface area contributed by atoms with Crippen LogP contribution in [-0.2, 0) is 6.54 Å². The molecule has 0 atom stereocenters. The van der Waals surface area contributed by atoms with Crippen LogP contribution in [0.15, 0.2) is 42.5 Å². The fraction of sp³-hybridized carbons (Fsp3) is 0.364. The van der Waals surface area contributed by atoms with Gasteiger partial charge in [-0.1, -0.05) is 19.1 Å². The largest absolute Gasteiger partial charge is 0.490 e. The Morgan fingerprint density at radius 2 is 1.78 bits per heavy atom. The predicted octanol–water partition coefficient (Wildman–Crippen LogP) is 4.41. The average Bonchev–Trinajstić information content (AvgIpc) is 2.69. The third kappa shape index (κ3) is 5.49. The van der Waals surface area contributed by atoms with Gasteiger partial charge in [0.05, 0.1) is 24.8 Å². The minimum Gasteiger partial charge on any atom is -0.490 e. The second-order valence-corrected chi connectivity index (χ2v) is 6.07. The van der Waals surface area contributed by atoms with Crippen LogP contribution in [0.2, 0.25) is 0 Å². The molecule has 0 aromatic heterocycles. The number of carbonyl (C=O) groups is 1. The fourth-order valence-electron chi connectivity index (χ4n) is 2.84. The molecule has 0 spiro atoms. The summed E-state index contributed by atoms with van der Waals surface area (Å²) in [6, 6.07) is 14.7. The Morgan fingerprint density at radius 1 is 1.04 bits per heavy atom. The van der Waals surface area contributed by atoms with Gasteiger partial charge in [0, 0.05) is 18.7 Å². The van der Waals surface area contributed by atoms with Gasteiger partial charge in [0.2, 0.25) is 0 Å². The van der Waals surface area contributed by atoms with Crippen LogP contribution in [0.4, 0.5) is 0 Å². The number of carbonyl (C=O) groups excluding carboxylic acids is 1. The number of rotatable bonds is 9. The standard InChI is InChI=1S/C22H26N2O3/c1-4-12-24(22(25)19-9-7-8-17(13-19)15-23)16-18-10-11-20(26-5-2)21(14-18)27-6-3/h7-11,13-14H,4-6,12,16H2,1-3H3. The van der Waals surface area contributed by atoms with Crippen molar-refractivity contribution in [1.82, 2.24) is 4.90 Å². The molecule has 5 nitrogen and oxygen atoms in total. The van der Waals surface area contributed by atoms with E-state index < -0.39 is 0 Å². The van der Waals surface area contributed by atoms with Gasteiger partial charge >= 0.3 is 0 Å². The van der Waals surface area contributed by atoms with E-state index in [1.807, 2.05) is 39.0 Å². The minimum atomic E-state index is -0.0826. The average molecular weight is 366 g/mol. The Bertz CT molecular complexity index is 811. The second-order valence-electron chi connectivity index (χ2n) is 6.07. The molecular formula is C22H26N2O3. The first-order chi connectivity index (χ1) is 13.1. The van der Waals surface area contributed by atoms with Crippen molar-refractivity contribution in [2.75, 3.05) is 19.8 Å². The first-order valence-corrected chi connectivity index (χ1v) is 9.30.